The van der Waals surface area contributed by atoms with Gasteiger partial charge in [0.05, 0.1) is 0 Å². The topological polar surface area (TPSA) is 3.24 Å². The number of nitrogens with zero attached hydrogens (tertiary/aromatic N) is 1. The van der Waals surface area contributed by atoms with E-state index in [1.807, 2.05) is 6.07 Å². The van der Waals surface area contributed by atoms with Gasteiger partial charge >= 0.3 is 0 Å². The first-order valence-corrected chi connectivity index (χ1v) is 6.89. The fourth-order valence-electron chi connectivity index (χ4n) is 2.65. The third kappa shape index (κ3) is 2.45. The molecule has 0 unspecified atom stereocenters. The van der Waals surface area contributed by atoms with Crippen LogP contribution >= 0.6 is 11.6 Å². The van der Waals surface area contributed by atoms with Crippen LogP contribution in [0.1, 0.15) is 17.5 Å². The Labute approximate surface area is 117 Å². The van der Waals surface area contributed by atoms with Crippen LogP contribution in [0.2, 0.25) is 5.02 Å². The van der Waals surface area contributed by atoms with E-state index in [0.29, 0.717) is 17.1 Å². The Kier molecular flexibility index (Phi) is 3.43. The number of halogens is 2. The number of para-hydroxylation sites is 1. The Morgan fingerprint density at radius 3 is 2.79 bits per heavy atom. The van der Waals surface area contributed by atoms with E-state index in [-0.39, 0.29) is 5.82 Å². The molecule has 3 rings (SSSR count). The molecule has 98 valence electrons. The minimum absolute atomic E-state index is 0.226. The Balaban J connectivity index is 1.93. The molecule has 0 N–H and O–H groups in total. The van der Waals surface area contributed by atoms with Crippen molar-refractivity contribution >= 4 is 17.3 Å². The van der Waals surface area contributed by atoms with E-state index < -0.39 is 0 Å². The molecule has 2 aromatic rings. The molecule has 0 aromatic heterocycles. The highest BCUT2D eigenvalue weighted by atomic mass is 35.5. The summed E-state index contributed by atoms with van der Waals surface area (Å²) in [6.45, 7) is 1.48. The first-order chi connectivity index (χ1) is 9.25. The second kappa shape index (κ2) is 5.22. The standard InChI is InChI=1S/C16H15ClFN/c17-14-7-3-8-15(18)13(14)11-19-10-4-6-12-5-1-2-9-16(12)19/h1-3,5,7-9H,4,6,10-11H2. The Morgan fingerprint density at radius 1 is 1.11 bits per heavy atom. The summed E-state index contributed by atoms with van der Waals surface area (Å²) in [5, 5.41) is 0.503. The molecular weight excluding hydrogens is 261 g/mol. The second-order valence-electron chi connectivity index (χ2n) is 4.85. The van der Waals surface area contributed by atoms with E-state index in [2.05, 4.69) is 23.1 Å². The van der Waals surface area contributed by atoms with Crippen LogP contribution in [-0.2, 0) is 13.0 Å². The first-order valence-electron chi connectivity index (χ1n) is 6.51. The van der Waals surface area contributed by atoms with Crippen molar-refractivity contribution in [2.75, 3.05) is 11.4 Å². The molecule has 1 heterocycles. The lowest BCUT2D eigenvalue weighted by Gasteiger charge is -2.31. The molecule has 0 spiro atoms. The van der Waals surface area contributed by atoms with E-state index in [9.17, 15) is 4.39 Å². The van der Waals surface area contributed by atoms with Crippen molar-refractivity contribution in [3.8, 4) is 0 Å². The van der Waals surface area contributed by atoms with E-state index in [1.165, 1.54) is 17.3 Å². The van der Waals surface area contributed by atoms with E-state index in [1.54, 1.807) is 12.1 Å². The molecule has 1 aliphatic heterocycles. The lowest BCUT2D eigenvalue weighted by atomic mass is 10.0. The van der Waals surface area contributed by atoms with Crippen molar-refractivity contribution in [1.29, 1.82) is 0 Å². The smallest absolute Gasteiger partial charge is 0.129 e. The molecule has 0 atom stereocenters. The van der Waals surface area contributed by atoms with Gasteiger partial charge in [-0.1, -0.05) is 35.9 Å². The summed E-state index contributed by atoms with van der Waals surface area (Å²) >= 11 is 6.11. The predicted octanol–water partition coefficient (Wildman–Crippen LogP) is 4.43. The Bertz CT molecular complexity index is 577. The second-order valence-corrected chi connectivity index (χ2v) is 5.26. The van der Waals surface area contributed by atoms with Crippen molar-refractivity contribution in [2.24, 2.45) is 0 Å². The summed E-state index contributed by atoms with van der Waals surface area (Å²) in [6, 6.07) is 13.2. The highest BCUT2D eigenvalue weighted by Crippen LogP contribution is 2.30. The van der Waals surface area contributed by atoms with Crippen LogP contribution in [0, 0.1) is 5.82 Å². The minimum Gasteiger partial charge on any atom is -0.367 e. The average molecular weight is 276 g/mol. The fraction of sp³-hybridized carbons (Fsp3) is 0.250. The maximum absolute atomic E-state index is 13.9. The van der Waals surface area contributed by atoms with Gasteiger partial charge in [-0.15, -0.1) is 0 Å². The van der Waals surface area contributed by atoms with Gasteiger partial charge in [-0.2, -0.15) is 0 Å². The van der Waals surface area contributed by atoms with Gasteiger partial charge in [-0.25, -0.2) is 4.39 Å². The first kappa shape index (κ1) is 12.5. The van der Waals surface area contributed by atoms with E-state index >= 15 is 0 Å². The Morgan fingerprint density at radius 2 is 1.95 bits per heavy atom. The summed E-state index contributed by atoms with van der Waals surface area (Å²) in [7, 11) is 0. The molecule has 0 amide bonds. The zero-order chi connectivity index (χ0) is 13.2. The van der Waals surface area contributed by atoms with Crippen LogP contribution < -0.4 is 4.90 Å². The third-order valence-corrected chi connectivity index (χ3v) is 3.97. The van der Waals surface area contributed by atoms with Crippen molar-refractivity contribution in [1.82, 2.24) is 0 Å². The molecule has 0 bridgehead atoms. The molecule has 1 nitrogen and oxygen atoms in total. The number of hydrogen-bond donors (Lipinski definition) is 0. The largest absolute Gasteiger partial charge is 0.367 e. The van der Waals surface area contributed by atoms with Gasteiger partial charge in [-0.05, 0) is 36.6 Å². The van der Waals surface area contributed by atoms with E-state index in [0.717, 1.165) is 19.4 Å². The lowest BCUT2D eigenvalue weighted by Crippen LogP contribution is -2.29. The van der Waals surface area contributed by atoms with Crippen LogP contribution in [0.4, 0.5) is 10.1 Å². The highest BCUT2D eigenvalue weighted by molar-refractivity contribution is 6.31. The van der Waals surface area contributed by atoms with Crippen molar-refractivity contribution in [3.05, 3.63) is 64.4 Å². The van der Waals surface area contributed by atoms with Gasteiger partial charge in [-0.3, -0.25) is 0 Å². The number of fused-ring (bicyclic) bond motifs is 1. The van der Waals surface area contributed by atoms with Crippen LogP contribution in [0.5, 0.6) is 0 Å². The number of anilines is 1. The zero-order valence-corrected chi connectivity index (χ0v) is 11.3. The number of rotatable bonds is 2. The summed E-state index contributed by atoms with van der Waals surface area (Å²) < 4.78 is 13.9. The normalized spacial score (nSPS) is 14.3. The predicted molar refractivity (Wildman–Crippen MR) is 77.2 cm³/mol. The summed E-state index contributed by atoms with van der Waals surface area (Å²) in [5.41, 5.74) is 3.12. The molecule has 0 aliphatic carbocycles. The highest BCUT2D eigenvalue weighted by Gasteiger charge is 2.18. The average Bonchev–Trinajstić information content (AvgIpc) is 2.43. The summed E-state index contributed by atoms with van der Waals surface area (Å²) in [6.07, 6.45) is 2.20. The molecular formula is C16H15ClFN. The summed E-state index contributed by atoms with van der Waals surface area (Å²) in [5.74, 6) is -0.226. The van der Waals surface area contributed by atoms with Crippen molar-refractivity contribution < 1.29 is 4.39 Å². The fourth-order valence-corrected chi connectivity index (χ4v) is 2.87. The minimum atomic E-state index is -0.226. The zero-order valence-electron chi connectivity index (χ0n) is 10.6. The number of aryl methyl sites for hydroxylation is 1. The van der Waals surface area contributed by atoms with E-state index in [4.69, 9.17) is 11.6 Å². The molecule has 1 aliphatic rings. The van der Waals surface area contributed by atoms with Crippen LogP contribution in [0.3, 0.4) is 0 Å². The van der Waals surface area contributed by atoms with Gasteiger partial charge in [0.2, 0.25) is 0 Å². The molecule has 0 saturated heterocycles. The molecule has 0 radical (unpaired) electrons. The maximum atomic E-state index is 13.9. The van der Waals surface area contributed by atoms with Gasteiger partial charge in [0.1, 0.15) is 5.82 Å². The number of hydrogen-bond acceptors (Lipinski definition) is 1. The van der Waals surface area contributed by atoms with Crippen LogP contribution in [0.15, 0.2) is 42.5 Å². The molecule has 2 aromatic carbocycles. The lowest BCUT2D eigenvalue weighted by molar-refractivity contribution is 0.598. The summed E-state index contributed by atoms with van der Waals surface area (Å²) in [4.78, 5) is 2.21. The monoisotopic (exact) mass is 275 g/mol. The van der Waals surface area contributed by atoms with Gasteiger partial charge < -0.3 is 4.90 Å². The molecule has 3 heteroatoms. The van der Waals surface area contributed by atoms with Crippen molar-refractivity contribution in [3.63, 3.8) is 0 Å². The quantitative estimate of drug-likeness (QED) is 0.784. The van der Waals surface area contributed by atoms with Crippen molar-refractivity contribution in [2.45, 2.75) is 19.4 Å². The van der Waals surface area contributed by atoms with Crippen LogP contribution in [-0.4, -0.2) is 6.54 Å². The maximum Gasteiger partial charge on any atom is 0.129 e. The molecule has 19 heavy (non-hydrogen) atoms. The van der Waals surface area contributed by atoms with Gasteiger partial charge in [0.25, 0.3) is 0 Å². The van der Waals surface area contributed by atoms with Crippen LogP contribution in [0.25, 0.3) is 0 Å². The van der Waals surface area contributed by atoms with Gasteiger partial charge in [0, 0.05) is 29.4 Å². The molecule has 0 saturated carbocycles. The third-order valence-electron chi connectivity index (χ3n) is 3.62. The SMILES string of the molecule is Fc1cccc(Cl)c1CN1CCCc2ccccc21. The Hall–Kier alpha value is -1.54. The molecule has 0 fully saturated rings. The van der Waals surface area contributed by atoms with Gasteiger partial charge in [0.15, 0.2) is 0 Å². The number of benzene rings is 2.